The van der Waals surface area contributed by atoms with Crippen LogP contribution < -0.4 is 10.2 Å². The number of allylic oxidation sites excluding steroid dienone is 1. The number of hydrogen-bond donors (Lipinski definition) is 1. The summed E-state index contributed by atoms with van der Waals surface area (Å²) in [5.41, 5.74) is 1.30. The summed E-state index contributed by atoms with van der Waals surface area (Å²) >= 11 is 3.57. The van der Waals surface area contributed by atoms with Crippen molar-refractivity contribution >= 4 is 33.4 Å². The Balaban J connectivity index is 1.99. The van der Waals surface area contributed by atoms with E-state index in [-0.39, 0.29) is 11.7 Å². The molecule has 0 unspecified atom stereocenters. The molecule has 142 valence electrons. The maximum atomic E-state index is 12.2. The first kappa shape index (κ1) is 20.6. The van der Waals surface area contributed by atoms with E-state index in [0.717, 1.165) is 15.8 Å². The molecule has 1 saturated heterocycles. The zero-order valence-electron chi connectivity index (χ0n) is 15.6. The summed E-state index contributed by atoms with van der Waals surface area (Å²) < 4.78 is 6.31. The largest absolute Gasteiger partial charge is 0.444 e. The van der Waals surface area contributed by atoms with Crippen LogP contribution in [0.4, 0.5) is 16.2 Å². The highest BCUT2D eigenvalue weighted by molar-refractivity contribution is 9.10. The van der Waals surface area contributed by atoms with Crippen LogP contribution in [0, 0.1) is 22.7 Å². The molecule has 1 aromatic rings. The van der Waals surface area contributed by atoms with Crippen molar-refractivity contribution in [1.82, 2.24) is 4.90 Å². The minimum atomic E-state index is -0.495. The van der Waals surface area contributed by atoms with Crippen molar-refractivity contribution in [2.24, 2.45) is 0 Å². The van der Waals surface area contributed by atoms with Gasteiger partial charge < -0.3 is 19.9 Å². The van der Waals surface area contributed by atoms with Gasteiger partial charge in [0.15, 0.2) is 0 Å². The first-order chi connectivity index (χ1) is 12.7. The molecule has 2 rings (SSSR count). The second kappa shape index (κ2) is 8.79. The SMILES string of the molecule is CC(C)(C)OC(=O)N1CCN(c2ccc(NC=C(C#N)C#N)cc2Br)CC1. The Bertz CT molecular complexity index is 793. The summed E-state index contributed by atoms with van der Waals surface area (Å²) in [7, 11) is 0. The van der Waals surface area contributed by atoms with Gasteiger partial charge in [-0.05, 0) is 54.9 Å². The van der Waals surface area contributed by atoms with Gasteiger partial charge in [-0.3, -0.25) is 0 Å². The first-order valence-electron chi connectivity index (χ1n) is 8.53. The molecule has 0 bridgehead atoms. The van der Waals surface area contributed by atoms with E-state index in [1.165, 1.54) is 6.20 Å². The number of halogens is 1. The van der Waals surface area contributed by atoms with Gasteiger partial charge in [0.1, 0.15) is 23.3 Å². The first-order valence-corrected chi connectivity index (χ1v) is 9.32. The Kier molecular flexibility index (Phi) is 6.70. The third-order valence-electron chi connectivity index (χ3n) is 3.84. The number of nitrogens with one attached hydrogen (secondary N) is 1. The molecule has 7 nitrogen and oxygen atoms in total. The standard InChI is InChI=1S/C19H22BrN5O2/c1-19(2,3)27-18(26)25-8-6-24(7-9-25)17-5-4-15(10-16(17)20)23-13-14(11-21)12-22/h4-5,10,13,23H,6-9H2,1-3H3. The molecule has 1 aromatic carbocycles. The summed E-state index contributed by atoms with van der Waals surface area (Å²) in [6.45, 7) is 8.18. The molecule has 0 aromatic heterocycles. The van der Waals surface area contributed by atoms with E-state index >= 15 is 0 Å². The van der Waals surface area contributed by atoms with Gasteiger partial charge in [-0.25, -0.2) is 4.79 Å². The average molecular weight is 432 g/mol. The summed E-state index contributed by atoms with van der Waals surface area (Å²) in [6, 6.07) is 9.33. The monoisotopic (exact) mass is 431 g/mol. The fourth-order valence-corrected chi connectivity index (χ4v) is 3.18. The van der Waals surface area contributed by atoms with Crippen molar-refractivity contribution in [2.75, 3.05) is 36.4 Å². The van der Waals surface area contributed by atoms with Crippen LogP contribution in [-0.4, -0.2) is 42.8 Å². The third-order valence-corrected chi connectivity index (χ3v) is 4.48. The van der Waals surface area contributed by atoms with E-state index < -0.39 is 5.60 Å². The van der Waals surface area contributed by atoms with Crippen molar-refractivity contribution in [3.05, 3.63) is 34.4 Å². The smallest absolute Gasteiger partial charge is 0.410 e. The molecule has 0 radical (unpaired) electrons. The number of rotatable bonds is 3. The minimum absolute atomic E-state index is 0.00784. The second-order valence-corrected chi connectivity index (χ2v) is 7.90. The minimum Gasteiger partial charge on any atom is -0.444 e. The van der Waals surface area contributed by atoms with Crippen LogP contribution in [0.5, 0.6) is 0 Å². The van der Waals surface area contributed by atoms with Crippen LogP contribution in [0.15, 0.2) is 34.4 Å². The number of amides is 1. The summed E-state index contributed by atoms with van der Waals surface area (Å²) in [5.74, 6) is 0. The number of benzene rings is 1. The Hall–Kier alpha value is -2.71. The molecule has 8 heteroatoms. The van der Waals surface area contributed by atoms with Crippen molar-refractivity contribution in [3.8, 4) is 12.1 Å². The third kappa shape index (κ3) is 5.90. The van der Waals surface area contributed by atoms with E-state index in [1.807, 2.05) is 39.0 Å². The van der Waals surface area contributed by atoms with E-state index in [0.29, 0.717) is 26.2 Å². The highest BCUT2D eigenvalue weighted by Gasteiger charge is 2.26. The Morgan fingerprint density at radius 2 is 1.85 bits per heavy atom. The summed E-state index contributed by atoms with van der Waals surface area (Å²) in [6.07, 6.45) is 1.10. The number of hydrogen-bond acceptors (Lipinski definition) is 6. The van der Waals surface area contributed by atoms with Gasteiger partial charge in [-0.1, -0.05) is 0 Å². The maximum absolute atomic E-state index is 12.2. The van der Waals surface area contributed by atoms with Crippen LogP contribution in [0.2, 0.25) is 0 Å². The molecular weight excluding hydrogens is 410 g/mol. The zero-order chi connectivity index (χ0) is 20.0. The molecule has 1 heterocycles. The predicted molar refractivity (Wildman–Crippen MR) is 107 cm³/mol. The lowest BCUT2D eigenvalue weighted by Gasteiger charge is -2.37. The van der Waals surface area contributed by atoms with Crippen LogP contribution >= 0.6 is 15.9 Å². The number of nitrogens with zero attached hydrogens (tertiary/aromatic N) is 4. The highest BCUT2D eigenvalue weighted by Crippen LogP contribution is 2.30. The van der Waals surface area contributed by atoms with E-state index in [1.54, 1.807) is 17.0 Å². The number of nitriles is 2. The van der Waals surface area contributed by atoms with Crippen molar-refractivity contribution in [1.29, 1.82) is 10.5 Å². The molecule has 27 heavy (non-hydrogen) atoms. The van der Waals surface area contributed by atoms with Gasteiger partial charge in [0.25, 0.3) is 0 Å². The molecule has 1 N–H and O–H groups in total. The van der Waals surface area contributed by atoms with Gasteiger partial charge in [0.05, 0.1) is 5.69 Å². The van der Waals surface area contributed by atoms with Gasteiger partial charge in [0, 0.05) is 42.5 Å². The lowest BCUT2D eigenvalue weighted by molar-refractivity contribution is 0.0240. The molecular formula is C19H22BrN5O2. The Morgan fingerprint density at radius 1 is 1.22 bits per heavy atom. The molecule has 0 saturated carbocycles. The molecule has 1 fully saturated rings. The van der Waals surface area contributed by atoms with Crippen LogP contribution in [0.3, 0.4) is 0 Å². The van der Waals surface area contributed by atoms with Crippen LogP contribution in [0.25, 0.3) is 0 Å². The number of carbonyl (C=O) groups excluding carboxylic acids is 1. The summed E-state index contributed by atoms with van der Waals surface area (Å²) in [4.78, 5) is 16.1. The fourth-order valence-electron chi connectivity index (χ4n) is 2.55. The van der Waals surface area contributed by atoms with Crippen LogP contribution in [0.1, 0.15) is 20.8 Å². The molecule has 1 aliphatic heterocycles. The zero-order valence-corrected chi connectivity index (χ0v) is 17.2. The topological polar surface area (TPSA) is 92.4 Å². The Labute approximate surface area is 167 Å². The number of anilines is 2. The fraction of sp³-hybridized carbons (Fsp3) is 0.421. The van der Waals surface area contributed by atoms with Crippen molar-refractivity contribution in [2.45, 2.75) is 26.4 Å². The molecule has 0 atom stereocenters. The van der Waals surface area contributed by atoms with Crippen molar-refractivity contribution in [3.63, 3.8) is 0 Å². The average Bonchev–Trinajstić information content (AvgIpc) is 2.61. The van der Waals surface area contributed by atoms with Crippen LogP contribution in [-0.2, 0) is 4.74 Å². The van der Waals surface area contributed by atoms with Gasteiger partial charge >= 0.3 is 6.09 Å². The number of piperazine rings is 1. The Morgan fingerprint density at radius 3 is 2.37 bits per heavy atom. The molecule has 1 amide bonds. The second-order valence-electron chi connectivity index (χ2n) is 7.05. The van der Waals surface area contributed by atoms with Gasteiger partial charge in [-0.15, -0.1) is 0 Å². The van der Waals surface area contributed by atoms with Crippen molar-refractivity contribution < 1.29 is 9.53 Å². The quantitative estimate of drug-likeness (QED) is 0.730. The number of carbonyl (C=O) groups is 1. The molecule has 0 aliphatic carbocycles. The number of ether oxygens (including phenoxy) is 1. The normalized spacial score (nSPS) is 14.0. The highest BCUT2D eigenvalue weighted by atomic mass is 79.9. The predicted octanol–water partition coefficient (Wildman–Crippen LogP) is 3.85. The summed E-state index contributed by atoms with van der Waals surface area (Å²) in [5, 5.41) is 20.5. The lowest BCUT2D eigenvalue weighted by Crippen LogP contribution is -2.50. The lowest BCUT2D eigenvalue weighted by atomic mass is 10.2. The van der Waals surface area contributed by atoms with Gasteiger partial charge in [0.2, 0.25) is 0 Å². The molecule has 1 aliphatic rings. The van der Waals surface area contributed by atoms with E-state index in [9.17, 15) is 4.79 Å². The maximum Gasteiger partial charge on any atom is 0.410 e. The van der Waals surface area contributed by atoms with E-state index in [2.05, 4.69) is 26.1 Å². The molecule has 0 spiro atoms. The van der Waals surface area contributed by atoms with E-state index in [4.69, 9.17) is 15.3 Å². The van der Waals surface area contributed by atoms with Gasteiger partial charge in [-0.2, -0.15) is 10.5 Å².